The van der Waals surface area contributed by atoms with E-state index in [4.69, 9.17) is 9.47 Å². The molecule has 6 heteroatoms. The summed E-state index contributed by atoms with van der Waals surface area (Å²) in [5.74, 6) is -0.489. The van der Waals surface area contributed by atoms with Crippen molar-refractivity contribution in [3.63, 3.8) is 0 Å². The van der Waals surface area contributed by atoms with Gasteiger partial charge in [0.1, 0.15) is 11.5 Å². The maximum Gasteiger partial charge on any atom is 0.253 e. The van der Waals surface area contributed by atoms with Crippen LogP contribution in [0.25, 0.3) is 0 Å². The molecule has 0 radical (unpaired) electrons. The highest BCUT2D eigenvalue weighted by atomic mass is 19.2. The summed E-state index contributed by atoms with van der Waals surface area (Å²) in [5, 5.41) is 0. The molecule has 4 nitrogen and oxygen atoms in total. The molecule has 0 spiro atoms. The van der Waals surface area contributed by atoms with Crippen molar-refractivity contribution in [2.75, 3.05) is 26.8 Å². The highest BCUT2D eigenvalue weighted by molar-refractivity contribution is 5.94. The maximum atomic E-state index is 13.4. The van der Waals surface area contributed by atoms with Crippen LogP contribution in [0.3, 0.4) is 0 Å². The minimum atomic E-state index is -1.02. The Labute approximate surface area is 150 Å². The number of nitrogens with zero attached hydrogens (tertiary/aromatic N) is 1. The van der Waals surface area contributed by atoms with Crippen molar-refractivity contribution in [3.05, 3.63) is 58.2 Å². The van der Waals surface area contributed by atoms with Crippen LogP contribution in [0.15, 0.2) is 24.3 Å². The number of hydrogen-bond donors (Lipinski definition) is 0. The van der Waals surface area contributed by atoms with E-state index in [1.54, 1.807) is 7.05 Å². The minimum Gasteiger partial charge on any atom is -0.493 e. The number of halogens is 2. The van der Waals surface area contributed by atoms with Gasteiger partial charge in [-0.3, -0.25) is 4.79 Å². The quantitative estimate of drug-likeness (QED) is 0.842. The topological polar surface area (TPSA) is 38.8 Å². The average Bonchev–Trinajstić information content (AvgIpc) is 3.28. The first-order chi connectivity index (χ1) is 12.5. The average molecular weight is 359 g/mol. The molecule has 26 heavy (non-hydrogen) atoms. The molecule has 0 N–H and O–H groups in total. The Morgan fingerprint density at radius 3 is 2.73 bits per heavy atom. The van der Waals surface area contributed by atoms with Gasteiger partial charge in [-0.15, -0.1) is 0 Å². The number of likely N-dealkylation sites (N-methyl/N-ethyl adjacent to an activating group) is 1. The van der Waals surface area contributed by atoms with Gasteiger partial charge in [0.25, 0.3) is 5.91 Å². The zero-order valence-corrected chi connectivity index (χ0v) is 14.5. The number of amides is 1. The highest BCUT2D eigenvalue weighted by Crippen LogP contribution is 2.40. The lowest BCUT2D eigenvalue weighted by atomic mass is 9.97. The molecule has 2 aliphatic heterocycles. The number of hydrogen-bond acceptors (Lipinski definition) is 3. The third kappa shape index (κ3) is 2.89. The molecule has 0 atom stereocenters. The van der Waals surface area contributed by atoms with Crippen LogP contribution < -0.4 is 9.47 Å². The van der Waals surface area contributed by atoms with Crippen LogP contribution in [-0.4, -0.2) is 37.6 Å². The first-order valence-electron chi connectivity index (χ1n) is 8.68. The zero-order valence-electron chi connectivity index (χ0n) is 14.5. The highest BCUT2D eigenvalue weighted by Gasteiger charge is 2.26. The summed E-state index contributed by atoms with van der Waals surface area (Å²) in [6, 6.07) is 5.26. The van der Waals surface area contributed by atoms with Crippen molar-refractivity contribution in [2.45, 2.75) is 19.3 Å². The standard InChI is InChI=1S/C20H19F2NO3/c1-23(20(24)13-2-3-16(21)17(22)10-13)7-4-15-14-6-9-25-18(14)11-12-5-8-26-19(12)15/h2-3,10-11H,4-9H2,1H3. The fourth-order valence-electron chi connectivity index (χ4n) is 3.58. The Hall–Kier alpha value is -2.63. The maximum absolute atomic E-state index is 13.4. The van der Waals surface area contributed by atoms with Gasteiger partial charge in [-0.2, -0.15) is 0 Å². The van der Waals surface area contributed by atoms with Gasteiger partial charge in [-0.05, 0) is 30.7 Å². The first kappa shape index (κ1) is 16.8. The molecule has 2 aromatic rings. The summed E-state index contributed by atoms with van der Waals surface area (Å²) in [5.41, 5.74) is 3.53. The Balaban J connectivity index is 1.52. The van der Waals surface area contributed by atoms with Gasteiger partial charge in [0.05, 0.1) is 13.2 Å². The SMILES string of the molecule is CN(CCc1c2c(cc3c1OCC3)OCC2)C(=O)c1ccc(F)c(F)c1. The molecular weight excluding hydrogens is 340 g/mol. The second-order valence-corrected chi connectivity index (χ2v) is 6.62. The van der Waals surface area contributed by atoms with E-state index in [0.717, 1.165) is 53.2 Å². The molecular formula is C20H19F2NO3. The van der Waals surface area contributed by atoms with E-state index in [0.29, 0.717) is 26.2 Å². The summed E-state index contributed by atoms with van der Waals surface area (Å²) in [6.07, 6.45) is 2.32. The number of carbonyl (C=O) groups is 1. The van der Waals surface area contributed by atoms with Crippen molar-refractivity contribution < 1.29 is 23.0 Å². The Morgan fingerprint density at radius 2 is 1.92 bits per heavy atom. The third-order valence-corrected chi connectivity index (χ3v) is 4.97. The van der Waals surface area contributed by atoms with Gasteiger partial charge in [0.2, 0.25) is 0 Å². The number of fused-ring (bicyclic) bond motifs is 2. The molecule has 0 fully saturated rings. The lowest BCUT2D eigenvalue weighted by molar-refractivity contribution is 0.0795. The van der Waals surface area contributed by atoms with Gasteiger partial charge in [0, 0.05) is 48.7 Å². The van der Waals surface area contributed by atoms with Gasteiger partial charge in [-0.1, -0.05) is 0 Å². The van der Waals surface area contributed by atoms with E-state index in [9.17, 15) is 13.6 Å². The lowest BCUT2D eigenvalue weighted by Crippen LogP contribution is -2.29. The predicted molar refractivity (Wildman–Crippen MR) is 91.9 cm³/mol. The molecule has 2 heterocycles. The Bertz CT molecular complexity index is 850. The minimum absolute atomic E-state index is 0.134. The van der Waals surface area contributed by atoms with Crippen LogP contribution in [0.2, 0.25) is 0 Å². The molecule has 2 aromatic carbocycles. The van der Waals surface area contributed by atoms with Crippen molar-refractivity contribution in [3.8, 4) is 11.5 Å². The number of carbonyl (C=O) groups excluding carboxylic acids is 1. The van der Waals surface area contributed by atoms with E-state index in [1.807, 2.05) is 0 Å². The second kappa shape index (κ2) is 6.59. The van der Waals surface area contributed by atoms with Crippen molar-refractivity contribution in [1.29, 1.82) is 0 Å². The monoisotopic (exact) mass is 359 g/mol. The van der Waals surface area contributed by atoms with Crippen LogP contribution in [0.1, 0.15) is 27.0 Å². The molecule has 0 aliphatic carbocycles. The van der Waals surface area contributed by atoms with Gasteiger partial charge >= 0.3 is 0 Å². The van der Waals surface area contributed by atoms with Gasteiger partial charge in [0.15, 0.2) is 11.6 Å². The van der Waals surface area contributed by atoms with E-state index < -0.39 is 11.6 Å². The summed E-state index contributed by atoms with van der Waals surface area (Å²) < 4.78 is 37.9. The van der Waals surface area contributed by atoms with Crippen LogP contribution in [-0.2, 0) is 19.3 Å². The summed E-state index contributed by atoms with van der Waals surface area (Å²) >= 11 is 0. The summed E-state index contributed by atoms with van der Waals surface area (Å²) in [7, 11) is 1.66. The second-order valence-electron chi connectivity index (χ2n) is 6.62. The molecule has 4 rings (SSSR count). The summed E-state index contributed by atoms with van der Waals surface area (Å²) in [4.78, 5) is 14.0. The van der Waals surface area contributed by atoms with Crippen molar-refractivity contribution >= 4 is 5.91 Å². The van der Waals surface area contributed by atoms with E-state index in [-0.39, 0.29) is 11.5 Å². The predicted octanol–water partition coefficient (Wildman–Crippen LogP) is 3.15. The van der Waals surface area contributed by atoms with Gasteiger partial charge < -0.3 is 14.4 Å². The van der Waals surface area contributed by atoms with E-state index in [1.165, 1.54) is 11.0 Å². The van der Waals surface area contributed by atoms with Crippen molar-refractivity contribution in [2.24, 2.45) is 0 Å². The van der Waals surface area contributed by atoms with Gasteiger partial charge in [-0.25, -0.2) is 8.78 Å². The molecule has 0 bridgehead atoms. The normalized spacial score (nSPS) is 14.4. The molecule has 0 unspecified atom stereocenters. The van der Waals surface area contributed by atoms with E-state index in [2.05, 4.69) is 6.07 Å². The molecule has 1 amide bonds. The lowest BCUT2D eigenvalue weighted by Gasteiger charge is -2.19. The molecule has 0 saturated heterocycles. The Kier molecular flexibility index (Phi) is 4.26. The summed E-state index contributed by atoms with van der Waals surface area (Å²) in [6.45, 7) is 1.77. The largest absolute Gasteiger partial charge is 0.493 e. The van der Waals surface area contributed by atoms with E-state index >= 15 is 0 Å². The first-order valence-corrected chi connectivity index (χ1v) is 8.68. The van der Waals surface area contributed by atoms with Crippen LogP contribution in [0.5, 0.6) is 11.5 Å². The zero-order chi connectivity index (χ0) is 18.3. The molecule has 2 aliphatic rings. The smallest absolute Gasteiger partial charge is 0.253 e. The van der Waals surface area contributed by atoms with Crippen molar-refractivity contribution in [1.82, 2.24) is 4.90 Å². The Morgan fingerprint density at radius 1 is 1.12 bits per heavy atom. The van der Waals surface area contributed by atoms with Crippen LogP contribution in [0.4, 0.5) is 8.78 Å². The van der Waals surface area contributed by atoms with Crippen LogP contribution in [0, 0.1) is 11.6 Å². The third-order valence-electron chi connectivity index (χ3n) is 4.97. The number of benzene rings is 2. The number of ether oxygens (including phenoxy) is 2. The fourth-order valence-corrected chi connectivity index (χ4v) is 3.58. The molecule has 0 aromatic heterocycles. The van der Waals surface area contributed by atoms with Crippen LogP contribution >= 0.6 is 0 Å². The molecule has 136 valence electrons. The number of rotatable bonds is 4. The fraction of sp³-hybridized carbons (Fsp3) is 0.350. The molecule has 0 saturated carbocycles.